The van der Waals surface area contributed by atoms with Gasteiger partial charge in [-0.2, -0.15) is 0 Å². The van der Waals surface area contributed by atoms with Crippen molar-refractivity contribution in [3.05, 3.63) is 24.3 Å². The molecule has 0 fully saturated rings. The Hall–Kier alpha value is -2.19. The summed E-state index contributed by atoms with van der Waals surface area (Å²) in [5.41, 5.74) is 0. The highest BCUT2D eigenvalue weighted by molar-refractivity contribution is 5.72. The monoisotopic (exact) mass is 793 g/mol. The molecule has 2 unspecified atom stereocenters. The van der Waals surface area contributed by atoms with Gasteiger partial charge in [0.2, 0.25) is 0 Å². The number of hydrogen-bond acceptors (Lipinski definition) is 6. The molecular formula is C48H90NO7+. The smallest absolute Gasteiger partial charge is 0.362 e. The van der Waals surface area contributed by atoms with E-state index < -0.39 is 18.1 Å². The molecule has 8 heteroatoms. The normalized spacial score (nSPS) is 13.1. The highest BCUT2D eigenvalue weighted by Gasteiger charge is 2.31. The third kappa shape index (κ3) is 37.4. The molecule has 1 N–H and O–H groups in total. The van der Waals surface area contributed by atoms with E-state index in [9.17, 15) is 19.5 Å². The quantitative estimate of drug-likeness (QED) is 0.0284. The summed E-state index contributed by atoms with van der Waals surface area (Å²) in [5.74, 6) is -1.48. The van der Waals surface area contributed by atoms with Crippen LogP contribution < -0.4 is 0 Å². The van der Waals surface area contributed by atoms with Crippen molar-refractivity contribution in [3.63, 3.8) is 0 Å². The number of carbonyl (C=O) groups excluding carboxylic acids is 2. The highest BCUT2D eigenvalue weighted by atomic mass is 16.6. The van der Waals surface area contributed by atoms with Crippen LogP contribution in [0.1, 0.15) is 213 Å². The van der Waals surface area contributed by atoms with Gasteiger partial charge in [0.05, 0.1) is 34.4 Å². The average Bonchev–Trinajstić information content (AvgIpc) is 3.15. The second-order valence-electron chi connectivity index (χ2n) is 17.0. The second kappa shape index (κ2) is 39.6. The number of carboxylic acids is 1. The van der Waals surface area contributed by atoms with E-state index in [1.165, 1.54) is 128 Å². The molecule has 328 valence electrons. The Morgan fingerprint density at radius 2 is 0.911 bits per heavy atom. The number of carboxylic acid groups (broad SMARTS) is 1. The first kappa shape index (κ1) is 53.8. The largest absolute Gasteiger partial charge is 0.477 e. The Kier molecular flexibility index (Phi) is 38.1. The van der Waals surface area contributed by atoms with Crippen LogP contribution in [0.2, 0.25) is 0 Å². The van der Waals surface area contributed by atoms with Gasteiger partial charge in [0, 0.05) is 19.3 Å². The van der Waals surface area contributed by atoms with Gasteiger partial charge in [-0.25, -0.2) is 4.79 Å². The molecule has 0 radical (unpaired) electrons. The van der Waals surface area contributed by atoms with Crippen molar-refractivity contribution in [2.24, 2.45) is 0 Å². The van der Waals surface area contributed by atoms with Crippen LogP contribution in [0.15, 0.2) is 24.3 Å². The van der Waals surface area contributed by atoms with Gasteiger partial charge in [-0.3, -0.25) is 9.59 Å². The van der Waals surface area contributed by atoms with Crippen molar-refractivity contribution in [1.82, 2.24) is 0 Å². The predicted molar refractivity (Wildman–Crippen MR) is 234 cm³/mol. The fourth-order valence-corrected chi connectivity index (χ4v) is 6.89. The fourth-order valence-electron chi connectivity index (χ4n) is 6.89. The molecule has 0 aromatic heterocycles. The van der Waals surface area contributed by atoms with Gasteiger partial charge in [0.15, 0.2) is 12.1 Å². The molecule has 8 nitrogen and oxygen atoms in total. The fraction of sp³-hybridized carbons (Fsp3) is 0.854. The molecule has 0 amide bonds. The number of hydrogen-bond donors (Lipinski definition) is 1. The van der Waals surface area contributed by atoms with Crippen molar-refractivity contribution in [2.75, 3.05) is 41.0 Å². The molecule has 0 aromatic rings. The molecule has 0 aliphatic rings. The Bertz CT molecular complexity index is 973. The Balaban J connectivity index is 4.21. The molecular weight excluding hydrogens is 703 g/mol. The van der Waals surface area contributed by atoms with Crippen LogP contribution in [-0.4, -0.2) is 80.6 Å². The number of carbonyl (C=O) groups is 3. The van der Waals surface area contributed by atoms with Crippen molar-refractivity contribution in [3.8, 4) is 0 Å². The zero-order valence-corrected chi connectivity index (χ0v) is 37.3. The summed E-state index contributed by atoms with van der Waals surface area (Å²) >= 11 is 0. The molecule has 56 heavy (non-hydrogen) atoms. The van der Waals surface area contributed by atoms with Crippen molar-refractivity contribution in [2.45, 2.75) is 225 Å². The minimum absolute atomic E-state index is 0.0538. The summed E-state index contributed by atoms with van der Waals surface area (Å²) in [5, 5.41) is 9.61. The number of aliphatic carboxylic acids is 1. The molecule has 0 rings (SSSR count). The van der Waals surface area contributed by atoms with E-state index in [2.05, 4.69) is 38.2 Å². The first-order valence-electron chi connectivity index (χ1n) is 23.4. The van der Waals surface area contributed by atoms with Crippen molar-refractivity contribution in [1.29, 1.82) is 0 Å². The molecule has 0 aliphatic heterocycles. The van der Waals surface area contributed by atoms with E-state index in [-0.39, 0.29) is 36.2 Å². The molecule has 0 bridgehead atoms. The van der Waals surface area contributed by atoms with Gasteiger partial charge in [0.25, 0.3) is 0 Å². The standard InChI is InChI=1S/C48H89NO7/c1-6-8-10-12-14-16-18-19-20-21-22-23-24-25-26-27-29-30-32-34-36-38-46(50)55-43-44(42-54-41-40-45(48(52)53)49(3,4)5)56-47(51)39-37-35-33-31-28-17-15-13-11-9-7-2/h13,15,23-24,44-45H,6-12,14,16-22,25-43H2,1-5H3/p+1/b15-13+,24-23+. The maximum Gasteiger partial charge on any atom is 0.362 e. The van der Waals surface area contributed by atoms with Crippen LogP contribution >= 0.6 is 0 Å². The van der Waals surface area contributed by atoms with E-state index >= 15 is 0 Å². The third-order valence-corrected chi connectivity index (χ3v) is 10.6. The molecule has 0 aliphatic carbocycles. The average molecular weight is 793 g/mol. The first-order chi connectivity index (χ1) is 27.1. The minimum atomic E-state index is -0.876. The zero-order valence-electron chi connectivity index (χ0n) is 37.3. The lowest BCUT2D eigenvalue weighted by molar-refractivity contribution is -0.887. The van der Waals surface area contributed by atoms with Gasteiger partial charge >= 0.3 is 17.9 Å². The third-order valence-electron chi connectivity index (χ3n) is 10.6. The van der Waals surface area contributed by atoms with Gasteiger partial charge in [-0.15, -0.1) is 0 Å². The van der Waals surface area contributed by atoms with E-state index in [0.717, 1.165) is 51.4 Å². The molecule has 0 spiro atoms. The van der Waals surface area contributed by atoms with Crippen LogP contribution in [-0.2, 0) is 28.6 Å². The second-order valence-corrected chi connectivity index (χ2v) is 17.0. The van der Waals surface area contributed by atoms with E-state index in [1.807, 2.05) is 21.1 Å². The summed E-state index contributed by atoms with van der Waals surface area (Å²) in [4.78, 5) is 36.9. The van der Waals surface area contributed by atoms with Crippen molar-refractivity contribution < 1.29 is 38.2 Å². The highest BCUT2D eigenvalue weighted by Crippen LogP contribution is 2.15. The van der Waals surface area contributed by atoms with E-state index in [4.69, 9.17) is 14.2 Å². The van der Waals surface area contributed by atoms with E-state index in [1.54, 1.807) is 0 Å². The topological polar surface area (TPSA) is 99.1 Å². The number of quaternary nitrogens is 1. The Morgan fingerprint density at radius 3 is 1.34 bits per heavy atom. The summed E-state index contributed by atoms with van der Waals surface area (Å²) in [6.07, 6.45) is 43.7. The maximum absolute atomic E-state index is 12.7. The zero-order chi connectivity index (χ0) is 41.4. The Morgan fingerprint density at radius 1 is 0.518 bits per heavy atom. The van der Waals surface area contributed by atoms with Crippen LogP contribution in [0.25, 0.3) is 0 Å². The molecule has 0 saturated heterocycles. The van der Waals surface area contributed by atoms with Gasteiger partial charge in [-0.1, -0.05) is 160 Å². The summed E-state index contributed by atoms with van der Waals surface area (Å²) in [6.45, 7) is 4.70. The SMILES string of the molecule is CCCC/C=C/CCCCCCCC(=O)OC(COCCC(C(=O)O)[N+](C)(C)C)COC(=O)CCCCCCCCC/C=C/CCCCCCCCCCCC. The van der Waals surface area contributed by atoms with Gasteiger partial charge in [0.1, 0.15) is 6.61 Å². The van der Waals surface area contributed by atoms with Gasteiger partial charge < -0.3 is 23.8 Å². The number of rotatable bonds is 42. The lowest BCUT2D eigenvalue weighted by Gasteiger charge is -2.31. The lowest BCUT2D eigenvalue weighted by atomic mass is 10.1. The minimum Gasteiger partial charge on any atom is -0.477 e. The number of unbranched alkanes of at least 4 members (excludes halogenated alkanes) is 24. The molecule has 0 heterocycles. The summed E-state index contributed by atoms with van der Waals surface area (Å²) in [6, 6.07) is -0.614. The molecule has 2 atom stereocenters. The molecule has 0 saturated carbocycles. The first-order valence-corrected chi connectivity index (χ1v) is 23.4. The molecule has 0 aromatic carbocycles. The van der Waals surface area contributed by atoms with E-state index in [0.29, 0.717) is 19.3 Å². The van der Waals surface area contributed by atoms with Crippen LogP contribution in [0.3, 0.4) is 0 Å². The maximum atomic E-state index is 12.7. The van der Waals surface area contributed by atoms with Crippen molar-refractivity contribution >= 4 is 17.9 Å². The number of nitrogens with zero attached hydrogens (tertiary/aromatic N) is 1. The van der Waals surface area contributed by atoms with Crippen LogP contribution in [0, 0.1) is 0 Å². The lowest BCUT2D eigenvalue weighted by Crippen LogP contribution is -2.50. The number of likely N-dealkylation sites (N-methyl/N-ethyl adjacent to an activating group) is 1. The number of esters is 2. The predicted octanol–water partition coefficient (Wildman–Crippen LogP) is 12.9. The van der Waals surface area contributed by atoms with Crippen LogP contribution in [0.4, 0.5) is 0 Å². The number of ether oxygens (including phenoxy) is 3. The van der Waals surface area contributed by atoms with Crippen LogP contribution in [0.5, 0.6) is 0 Å². The number of allylic oxidation sites excluding steroid dienone is 4. The summed E-state index contributed by atoms with van der Waals surface area (Å²) < 4.78 is 17.3. The Labute approximate surface area is 345 Å². The summed E-state index contributed by atoms with van der Waals surface area (Å²) in [7, 11) is 5.52. The van der Waals surface area contributed by atoms with Gasteiger partial charge in [-0.05, 0) is 57.8 Å².